The number of fused-ring (bicyclic) bond motifs is 1. The van der Waals surface area contributed by atoms with Gasteiger partial charge in [-0.25, -0.2) is 14.8 Å². The van der Waals surface area contributed by atoms with E-state index < -0.39 is 28.8 Å². The number of rotatable bonds is 6. The molecule has 1 unspecified atom stereocenters. The fourth-order valence-corrected chi connectivity index (χ4v) is 5.66. The molecule has 1 atom stereocenters. The molecule has 1 fully saturated rings. The number of halogens is 3. The van der Waals surface area contributed by atoms with Crippen molar-refractivity contribution in [1.29, 1.82) is 5.26 Å². The van der Waals surface area contributed by atoms with Crippen LogP contribution in [-0.4, -0.2) is 71.1 Å². The van der Waals surface area contributed by atoms with Crippen molar-refractivity contribution in [2.45, 2.75) is 63.8 Å². The summed E-state index contributed by atoms with van der Waals surface area (Å²) in [4.78, 5) is 25.3. The van der Waals surface area contributed by atoms with Gasteiger partial charge in [-0.1, -0.05) is 6.92 Å². The Bertz CT molecular complexity index is 1660. The van der Waals surface area contributed by atoms with E-state index in [4.69, 9.17) is 9.47 Å². The highest BCUT2D eigenvalue weighted by Crippen LogP contribution is 2.45. The molecule has 2 aromatic carbocycles. The summed E-state index contributed by atoms with van der Waals surface area (Å²) in [6.45, 7) is 8.30. The van der Waals surface area contributed by atoms with E-state index in [9.17, 15) is 28.3 Å². The Hall–Kier alpha value is -4.41. The van der Waals surface area contributed by atoms with Crippen LogP contribution < -0.4 is 15.0 Å². The zero-order valence-corrected chi connectivity index (χ0v) is 26.4. The average Bonchev–Trinajstić information content (AvgIpc) is 3.30. The highest BCUT2D eigenvalue weighted by molar-refractivity contribution is 5.95. The van der Waals surface area contributed by atoms with Gasteiger partial charge in [-0.05, 0) is 82.6 Å². The maximum atomic E-state index is 14.1. The third-order valence-corrected chi connectivity index (χ3v) is 8.07. The zero-order valence-electron chi connectivity index (χ0n) is 26.4. The fraction of sp³-hybridized carbons (Fsp3) is 0.455. The van der Waals surface area contributed by atoms with Crippen LogP contribution in [0.3, 0.4) is 0 Å². The van der Waals surface area contributed by atoms with Gasteiger partial charge < -0.3 is 24.8 Å². The Morgan fingerprint density at radius 3 is 2.52 bits per heavy atom. The second-order valence-corrected chi connectivity index (χ2v) is 13.0. The van der Waals surface area contributed by atoms with Crippen molar-refractivity contribution in [3.05, 3.63) is 59.3 Å². The lowest BCUT2D eigenvalue weighted by molar-refractivity contribution is -0.139. The number of nitriles is 1. The molecule has 0 aliphatic carbocycles. The van der Waals surface area contributed by atoms with Crippen molar-refractivity contribution in [3.63, 3.8) is 0 Å². The Labute approximate surface area is 265 Å². The van der Waals surface area contributed by atoms with E-state index in [0.29, 0.717) is 35.3 Å². The number of anilines is 3. The minimum Gasteiger partial charge on any atom is -0.490 e. The van der Waals surface area contributed by atoms with E-state index in [2.05, 4.69) is 26.3 Å². The van der Waals surface area contributed by atoms with Gasteiger partial charge in [-0.2, -0.15) is 18.4 Å². The normalized spacial score (nSPS) is 19.0. The molecular weight excluding hydrogens is 601 g/mol. The lowest BCUT2D eigenvalue weighted by Gasteiger charge is -2.30. The van der Waals surface area contributed by atoms with Crippen LogP contribution in [0.25, 0.3) is 11.3 Å². The maximum Gasteiger partial charge on any atom is 0.420 e. The molecule has 1 amide bonds. The van der Waals surface area contributed by atoms with E-state index in [-0.39, 0.29) is 42.2 Å². The Balaban J connectivity index is 1.45. The van der Waals surface area contributed by atoms with E-state index in [1.807, 2.05) is 7.05 Å². The summed E-state index contributed by atoms with van der Waals surface area (Å²) < 4.78 is 53.6. The van der Waals surface area contributed by atoms with Crippen molar-refractivity contribution >= 4 is 23.4 Å². The van der Waals surface area contributed by atoms with E-state index >= 15 is 0 Å². The molecule has 2 aliphatic heterocycles. The SMILES string of the molecule is CN1CCC(Oc2ccc(Nc3nccc(-c4cc(C#N)c5c(c4)C(C)(CO)CN5C(=O)OC(C)(C)C)n3)cc2C(F)(F)F)CC1. The van der Waals surface area contributed by atoms with Gasteiger partial charge in [-0.3, -0.25) is 4.90 Å². The van der Waals surface area contributed by atoms with Gasteiger partial charge in [0.2, 0.25) is 5.95 Å². The maximum absolute atomic E-state index is 14.1. The van der Waals surface area contributed by atoms with Crippen molar-refractivity contribution in [2.24, 2.45) is 0 Å². The molecule has 1 saturated heterocycles. The van der Waals surface area contributed by atoms with Crippen LogP contribution in [0.15, 0.2) is 42.6 Å². The molecule has 0 saturated carbocycles. The van der Waals surface area contributed by atoms with Crippen LogP contribution in [-0.2, 0) is 16.3 Å². The fourth-order valence-electron chi connectivity index (χ4n) is 5.66. The topological polar surface area (TPSA) is 124 Å². The van der Waals surface area contributed by atoms with Crippen LogP contribution in [0, 0.1) is 11.3 Å². The second kappa shape index (κ2) is 12.4. The predicted octanol–water partition coefficient (Wildman–Crippen LogP) is 6.26. The van der Waals surface area contributed by atoms with Crippen molar-refractivity contribution in [3.8, 4) is 23.1 Å². The van der Waals surface area contributed by atoms with Gasteiger partial charge in [0.15, 0.2) is 0 Å². The Morgan fingerprint density at radius 1 is 1.17 bits per heavy atom. The van der Waals surface area contributed by atoms with Gasteiger partial charge in [-0.15, -0.1) is 0 Å². The van der Waals surface area contributed by atoms with Crippen molar-refractivity contribution < 1.29 is 32.5 Å². The number of hydrogen-bond donors (Lipinski definition) is 2. The number of ether oxygens (including phenoxy) is 2. The standard InChI is InChI=1S/C33H37F3N6O4/c1-31(2,3)46-30(44)42-18-32(4,19-43)25-15-20(14-21(17-37)28(25)42)26-8-11-38-29(40-26)39-22-6-7-27(24(16-22)33(34,35)36)45-23-9-12-41(5)13-10-23/h6-8,11,14-16,23,43H,9-10,12-13,18-19H2,1-5H3,(H,38,39,40). The van der Waals surface area contributed by atoms with Crippen LogP contribution >= 0.6 is 0 Å². The van der Waals surface area contributed by atoms with Crippen LogP contribution in [0.4, 0.5) is 35.3 Å². The molecule has 0 bridgehead atoms. The van der Waals surface area contributed by atoms with Gasteiger partial charge >= 0.3 is 12.3 Å². The summed E-state index contributed by atoms with van der Waals surface area (Å²) in [6, 6.07) is 10.8. The number of carbonyl (C=O) groups excluding carboxylic acids is 1. The number of alkyl halides is 3. The number of likely N-dealkylation sites (tertiary alicyclic amines) is 1. The van der Waals surface area contributed by atoms with Crippen molar-refractivity contribution in [1.82, 2.24) is 14.9 Å². The Morgan fingerprint density at radius 2 is 1.89 bits per heavy atom. The third kappa shape index (κ3) is 7.03. The van der Waals surface area contributed by atoms with E-state index in [0.717, 1.165) is 19.2 Å². The van der Waals surface area contributed by atoms with Crippen LogP contribution in [0.1, 0.15) is 57.2 Å². The Kier molecular flexibility index (Phi) is 8.90. The number of hydrogen-bond acceptors (Lipinski definition) is 9. The van der Waals surface area contributed by atoms with Gasteiger partial charge in [0, 0.05) is 42.5 Å². The van der Waals surface area contributed by atoms with Crippen molar-refractivity contribution in [2.75, 3.05) is 43.5 Å². The highest BCUT2D eigenvalue weighted by Gasteiger charge is 2.44. The van der Waals surface area contributed by atoms with E-state index in [1.165, 1.54) is 23.2 Å². The first-order chi connectivity index (χ1) is 21.6. The second-order valence-electron chi connectivity index (χ2n) is 13.0. The molecule has 2 N–H and O–H groups in total. The quantitative estimate of drug-likeness (QED) is 0.322. The molecular formula is C33H37F3N6O4. The number of aromatic nitrogens is 2. The first kappa shape index (κ1) is 33.0. The predicted molar refractivity (Wildman–Crippen MR) is 166 cm³/mol. The van der Waals surface area contributed by atoms with Gasteiger partial charge in [0.1, 0.15) is 23.5 Å². The number of piperidine rings is 1. The van der Waals surface area contributed by atoms with E-state index in [1.54, 1.807) is 45.9 Å². The third-order valence-electron chi connectivity index (χ3n) is 8.07. The summed E-state index contributed by atoms with van der Waals surface area (Å²) in [6.07, 6.45) is -2.85. The number of nitrogens with one attached hydrogen (secondary N) is 1. The molecule has 2 aliphatic rings. The molecule has 3 heterocycles. The summed E-state index contributed by atoms with van der Waals surface area (Å²) in [5, 5.41) is 23.3. The molecule has 0 radical (unpaired) electrons. The molecule has 244 valence electrons. The summed E-state index contributed by atoms with van der Waals surface area (Å²) in [5.74, 6) is -0.189. The lowest BCUT2D eigenvalue weighted by Crippen LogP contribution is -2.40. The largest absolute Gasteiger partial charge is 0.490 e. The number of amides is 1. The van der Waals surface area contributed by atoms with Gasteiger partial charge in [0.05, 0.1) is 29.1 Å². The molecule has 10 nitrogen and oxygen atoms in total. The monoisotopic (exact) mass is 638 g/mol. The molecule has 13 heteroatoms. The molecule has 0 spiro atoms. The average molecular weight is 639 g/mol. The molecule has 46 heavy (non-hydrogen) atoms. The number of nitrogens with zero attached hydrogens (tertiary/aromatic N) is 5. The van der Waals surface area contributed by atoms with Crippen LogP contribution in [0.5, 0.6) is 5.75 Å². The number of carbonyl (C=O) groups is 1. The summed E-state index contributed by atoms with van der Waals surface area (Å²) in [7, 11) is 1.97. The summed E-state index contributed by atoms with van der Waals surface area (Å²) in [5.41, 5.74) is -0.463. The number of benzene rings is 2. The first-order valence-electron chi connectivity index (χ1n) is 15.0. The molecule has 5 rings (SSSR count). The first-order valence-corrected chi connectivity index (χ1v) is 15.0. The molecule has 1 aromatic heterocycles. The zero-order chi connectivity index (χ0) is 33.4. The summed E-state index contributed by atoms with van der Waals surface area (Å²) >= 11 is 0. The lowest BCUT2D eigenvalue weighted by atomic mass is 9.83. The highest BCUT2D eigenvalue weighted by atomic mass is 19.4. The smallest absolute Gasteiger partial charge is 0.420 e. The van der Waals surface area contributed by atoms with Gasteiger partial charge in [0.25, 0.3) is 0 Å². The number of aliphatic hydroxyl groups excluding tert-OH is 1. The minimum atomic E-state index is -4.65. The van der Waals surface area contributed by atoms with Crippen LogP contribution in [0.2, 0.25) is 0 Å². The number of aliphatic hydroxyl groups is 1. The molecule has 3 aromatic rings. The minimum absolute atomic E-state index is 0.0360.